The molecule has 1 unspecified atom stereocenters. The molecule has 1 atom stereocenters. The van der Waals surface area contributed by atoms with Crippen molar-refractivity contribution >= 4 is 33.3 Å². The van der Waals surface area contributed by atoms with Crippen LogP contribution in [0.5, 0.6) is 0 Å². The summed E-state index contributed by atoms with van der Waals surface area (Å²) in [6.45, 7) is 6.74. The zero-order valence-electron chi connectivity index (χ0n) is 11.7. The smallest absolute Gasteiger partial charge is 0.223 e. The minimum absolute atomic E-state index is 0.356. The van der Waals surface area contributed by atoms with Crippen LogP contribution in [0, 0.1) is 12.3 Å². The van der Waals surface area contributed by atoms with Gasteiger partial charge in [-0.15, -0.1) is 11.3 Å². The summed E-state index contributed by atoms with van der Waals surface area (Å²) in [5.41, 5.74) is 6.24. The molecular formula is C14H20N4S. The van der Waals surface area contributed by atoms with Crippen LogP contribution in [-0.4, -0.2) is 16.0 Å². The van der Waals surface area contributed by atoms with Gasteiger partial charge in [-0.05, 0) is 37.7 Å². The van der Waals surface area contributed by atoms with Crippen molar-refractivity contribution in [2.75, 3.05) is 11.1 Å². The van der Waals surface area contributed by atoms with Crippen LogP contribution in [0.2, 0.25) is 0 Å². The maximum atomic E-state index is 5.81. The van der Waals surface area contributed by atoms with Gasteiger partial charge in [-0.3, -0.25) is 0 Å². The van der Waals surface area contributed by atoms with Gasteiger partial charge < -0.3 is 11.1 Å². The number of aromatic nitrogens is 2. The second-order valence-corrected chi connectivity index (χ2v) is 7.49. The lowest BCUT2D eigenvalue weighted by molar-refractivity contribution is 0.378. The molecule has 4 nitrogen and oxygen atoms in total. The highest BCUT2D eigenvalue weighted by molar-refractivity contribution is 7.18. The normalized spacial score (nSPS) is 21.9. The quantitative estimate of drug-likeness (QED) is 0.880. The van der Waals surface area contributed by atoms with E-state index in [0.717, 1.165) is 16.0 Å². The molecule has 0 amide bonds. The number of anilines is 2. The molecule has 0 radical (unpaired) electrons. The van der Waals surface area contributed by atoms with E-state index in [1.165, 1.54) is 24.1 Å². The highest BCUT2D eigenvalue weighted by Crippen LogP contribution is 2.39. The van der Waals surface area contributed by atoms with Gasteiger partial charge in [0.05, 0.1) is 5.39 Å². The fourth-order valence-electron chi connectivity index (χ4n) is 2.92. The number of thiophene rings is 1. The Labute approximate surface area is 117 Å². The molecule has 1 saturated carbocycles. The maximum absolute atomic E-state index is 5.81. The minimum Gasteiger partial charge on any atom is -0.368 e. The zero-order chi connectivity index (χ0) is 13.6. The van der Waals surface area contributed by atoms with E-state index in [1.54, 1.807) is 11.3 Å². The van der Waals surface area contributed by atoms with Gasteiger partial charge in [0.15, 0.2) is 0 Å². The van der Waals surface area contributed by atoms with Gasteiger partial charge >= 0.3 is 0 Å². The Morgan fingerprint density at radius 2 is 2.21 bits per heavy atom. The molecule has 1 aliphatic rings. The lowest BCUT2D eigenvalue weighted by atomic mass is 9.92. The Hall–Kier alpha value is -1.36. The van der Waals surface area contributed by atoms with Gasteiger partial charge in [0.2, 0.25) is 5.95 Å². The van der Waals surface area contributed by atoms with Gasteiger partial charge in [0, 0.05) is 10.9 Å². The molecule has 5 heteroatoms. The van der Waals surface area contributed by atoms with Crippen molar-refractivity contribution in [3.8, 4) is 0 Å². The molecule has 0 bridgehead atoms. The number of nitrogens with one attached hydrogen (secondary N) is 1. The molecule has 2 aromatic heterocycles. The number of fused-ring (bicyclic) bond motifs is 1. The number of hydrogen-bond acceptors (Lipinski definition) is 5. The number of nitrogens with two attached hydrogens (primary N) is 1. The molecule has 3 rings (SSSR count). The van der Waals surface area contributed by atoms with Gasteiger partial charge in [0.25, 0.3) is 0 Å². The standard InChI is InChI=1S/C14H20N4S/c1-8-6-10-11(17-13(15)18-12(10)19-8)16-9-4-5-14(2,3)7-9/h6,9H,4-5,7H2,1-3H3,(H3,15,16,17,18). The van der Waals surface area contributed by atoms with Crippen molar-refractivity contribution in [2.24, 2.45) is 5.41 Å². The molecule has 2 heterocycles. The average molecular weight is 276 g/mol. The van der Waals surface area contributed by atoms with Crippen molar-refractivity contribution < 1.29 is 0 Å². The molecular weight excluding hydrogens is 256 g/mol. The first-order valence-electron chi connectivity index (χ1n) is 6.73. The highest BCUT2D eigenvalue weighted by Gasteiger charge is 2.31. The summed E-state index contributed by atoms with van der Waals surface area (Å²) in [7, 11) is 0. The molecule has 0 spiro atoms. The first-order chi connectivity index (χ1) is 8.93. The molecule has 0 saturated heterocycles. The van der Waals surface area contributed by atoms with E-state index in [2.05, 4.69) is 42.1 Å². The van der Waals surface area contributed by atoms with Gasteiger partial charge in [0.1, 0.15) is 10.6 Å². The summed E-state index contributed by atoms with van der Waals surface area (Å²) in [5.74, 6) is 1.25. The second-order valence-electron chi connectivity index (χ2n) is 6.25. The van der Waals surface area contributed by atoms with Crippen molar-refractivity contribution in [2.45, 2.75) is 46.1 Å². The van der Waals surface area contributed by atoms with Crippen LogP contribution >= 0.6 is 11.3 Å². The third kappa shape index (κ3) is 2.52. The van der Waals surface area contributed by atoms with Gasteiger partial charge in [-0.2, -0.15) is 4.98 Å². The summed E-state index contributed by atoms with van der Waals surface area (Å²) in [4.78, 5) is 10.9. The van der Waals surface area contributed by atoms with Crippen LogP contribution < -0.4 is 11.1 Å². The van der Waals surface area contributed by atoms with E-state index in [9.17, 15) is 0 Å². The summed E-state index contributed by atoms with van der Waals surface area (Å²) in [5, 5.41) is 4.67. The largest absolute Gasteiger partial charge is 0.368 e. The summed E-state index contributed by atoms with van der Waals surface area (Å²) < 4.78 is 0. The van der Waals surface area contributed by atoms with E-state index in [4.69, 9.17) is 5.73 Å². The van der Waals surface area contributed by atoms with E-state index in [1.807, 2.05) is 0 Å². The molecule has 19 heavy (non-hydrogen) atoms. The van der Waals surface area contributed by atoms with E-state index < -0.39 is 0 Å². The van der Waals surface area contributed by atoms with Crippen LogP contribution in [0.25, 0.3) is 10.2 Å². The number of hydrogen-bond donors (Lipinski definition) is 2. The first-order valence-corrected chi connectivity index (χ1v) is 7.55. The van der Waals surface area contributed by atoms with Crippen molar-refractivity contribution in [1.29, 1.82) is 0 Å². The average Bonchev–Trinajstić information content (AvgIpc) is 2.81. The maximum Gasteiger partial charge on any atom is 0.223 e. The van der Waals surface area contributed by atoms with Gasteiger partial charge in [-0.1, -0.05) is 13.8 Å². The van der Waals surface area contributed by atoms with Crippen LogP contribution in [0.15, 0.2) is 6.07 Å². The predicted octanol–water partition coefficient (Wildman–Crippen LogP) is 3.57. The molecule has 102 valence electrons. The van der Waals surface area contributed by atoms with E-state index in [0.29, 0.717) is 17.4 Å². The molecule has 1 fully saturated rings. The predicted molar refractivity (Wildman–Crippen MR) is 81.6 cm³/mol. The topological polar surface area (TPSA) is 63.8 Å². The Morgan fingerprint density at radius 1 is 1.42 bits per heavy atom. The van der Waals surface area contributed by atoms with Crippen molar-refractivity contribution in [3.05, 3.63) is 10.9 Å². The molecule has 1 aliphatic carbocycles. The molecule has 2 aromatic rings. The summed E-state index contributed by atoms with van der Waals surface area (Å²) in [6.07, 6.45) is 3.64. The number of rotatable bonds is 2. The summed E-state index contributed by atoms with van der Waals surface area (Å²) in [6, 6.07) is 2.63. The fourth-order valence-corrected chi connectivity index (χ4v) is 3.81. The first kappa shape index (κ1) is 12.7. The number of aryl methyl sites for hydroxylation is 1. The lowest BCUT2D eigenvalue weighted by Crippen LogP contribution is -2.18. The Kier molecular flexibility index (Phi) is 2.89. The van der Waals surface area contributed by atoms with Crippen molar-refractivity contribution in [3.63, 3.8) is 0 Å². The molecule has 0 aliphatic heterocycles. The van der Waals surface area contributed by atoms with Crippen LogP contribution in [0.4, 0.5) is 11.8 Å². The van der Waals surface area contributed by atoms with Gasteiger partial charge in [-0.25, -0.2) is 4.98 Å². The lowest BCUT2D eigenvalue weighted by Gasteiger charge is -2.18. The number of nitrogen functional groups attached to an aromatic ring is 1. The van der Waals surface area contributed by atoms with Crippen LogP contribution in [0.1, 0.15) is 38.0 Å². The minimum atomic E-state index is 0.356. The Bertz CT molecular complexity index is 617. The molecule has 0 aromatic carbocycles. The number of nitrogens with zero attached hydrogens (tertiary/aromatic N) is 2. The highest BCUT2D eigenvalue weighted by atomic mass is 32.1. The third-order valence-electron chi connectivity index (χ3n) is 3.84. The Morgan fingerprint density at radius 3 is 2.89 bits per heavy atom. The van der Waals surface area contributed by atoms with Crippen LogP contribution in [-0.2, 0) is 0 Å². The summed E-state index contributed by atoms with van der Waals surface area (Å²) >= 11 is 1.67. The van der Waals surface area contributed by atoms with Crippen LogP contribution in [0.3, 0.4) is 0 Å². The Balaban J connectivity index is 1.92. The van der Waals surface area contributed by atoms with Crippen molar-refractivity contribution in [1.82, 2.24) is 9.97 Å². The SMILES string of the molecule is Cc1cc2c(NC3CCC(C)(C)C3)nc(N)nc2s1. The van der Waals surface area contributed by atoms with E-state index >= 15 is 0 Å². The zero-order valence-corrected chi connectivity index (χ0v) is 12.5. The van der Waals surface area contributed by atoms with E-state index in [-0.39, 0.29) is 0 Å². The fraction of sp³-hybridized carbons (Fsp3) is 0.571. The molecule has 3 N–H and O–H groups in total. The monoisotopic (exact) mass is 276 g/mol. The third-order valence-corrected chi connectivity index (χ3v) is 4.79. The second kappa shape index (κ2) is 4.34.